The first kappa shape index (κ1) is 15.6. The van der Waals surface area contributed by atoms with Crippen LogP contribution in [0.15, 0.2) is 47.6 Å². The van der Waals surface area contributed by atoms with Crippen molar-refractivity contribution in [1.29, 1.82) is 0 Å². The van der Waals surface area contributed by atoms with Crippen molar-refractivity contribution in [3.63, 3.8) is 0 Å². The molecule has 2 aromatic carbocycles. The third-order valence-electron chi connectivity index (χ3n) is 4.02. The van der Waals surface area contributed by atoms with Crippen molar-refractivity contribution in [3.05, 3.63) is 75.9 Å². The van der Waals surface area contributed by atoms with Gasteiger partial charge < -0.3 is 0 Å². The first-order chi connectivity index (χ1) is 10.9. The fourth-order valence-electron chi connectivity index (χ4n) is 2.90. The molecular weight excluding hydrogens is 306 g/mol. The van der Waals surface area contributed by atoms with Crippen LogP contribution in [0.1, 0.15) is 33.4 Å². The molecule has 2 aromatic rings. The maximum atomic E-state index is 6.17. The van der Waals surface area contributed by atoms with Crippen molar-refractivity contribution in [2.24, 2.45) is 5.10 Å². The maximum Gasteiger partial charge on any atom is 0.0963 e. The van der Waals surface area contributed by atoms with Crippen molar-refractivity contribution in [1.82, 2.24) is 10.1 Å². The Morgan fingerprint density at radius 2 is 1.43 bits per heavy atom. The summed E-state index contributed by atoms with van der Waals surface area (Å²) in [6.45, 7) is 8.38. The van der Waals surface area contributed by atoms with Crippen LogP contribution in [0.25, 0.3) is 5.70 Å². The van der Waals surface area contributed by atoms with E-state index in [9.17, 15) is 0 Å². The van der Waals surface area contributed by atoms with E-state index in [2.05, 4.69) is 74.6 Å². The molecule has 0 saturated heterocycles. The molecule has 0 radical (unpaired) electrons. The van der Waals surface area contributed by atoms with Crippen LogP contribution in [0.5, 0.6) is 0 Å². The molecule has 0 saturated carbocycles. The summed E-state index contributed by atoms with van der Waals surface area (Å²) in [5, 5.41) is 4.39. The zero-order valence-corrected chi connectivity index (χ0v) is 14.6. The van der Waals surface area contributed by atoms with Crippen molar-refractivity contribution in [2.75, 3.05) is 0 Å². The molecule has 1 aliphatic heterocycles. The monoisotopic (exact) mass is 325 g/mol. The summed E-state index contributed by atoms with van der Waals surface area (Å²) in [6, 6.07) is 12.7. The summed E-state index contributed by atoms with van der Waals surface area (Å²) in [7, 11) is 0. The SMILES string of the molecule is Cc1ccc(C2=CC(c3ccc(C)cc3C)=NN(Cl)N2)c(C)c1. The van der Waals surface area contributed by atoms with Gasteiger partial charge in [0, 0.05) is 11.1 Å². The molecule has 118 valence electrons. The fraction of sp³-hybridized carbons (Fsp3) is 0.211. The minimum Gasteiger partial charge on any atom is -0.266 e. The largest absolute Gasteiger partial charge is 0.266 e. The van der Waals surface area contributed by atoms with Crippen LogP contribution in [-0.2, 0) is 0 Å². The molecule has 23 heavy (non-hydrogen) atoms. The Morgan fingerprint density at radius 3 is 2.00 bits per heavy atom. The van der Waals surface area contributed by atoms with Crippen molar-refractivity contribution in [2.45, 2.75) is 27.7 Å². The van der Waals surface area contributed by atoms with Crippen molar-refractivity contribution < 1.29 is 0 Å². The average Bonchev–Trinajstić information content (AvgIpc) is 2.46. The second-order valence-corrected chi connectivity index (χ2v) is 6.37. The third kappa shape index (κ3) is 3.25. The number of nitrogens with one attached hydrogen (secondary N) is 1. The molecule has 1 N–H and O–H groups in total. The Morgan fingerprint density at radius 1 is 0.870 bits per heavy atom. The molecule has 3 nitrogen and oxygen atoms in total. The van der Waals surface area contributed by atoms with Crippen LogP contribution >= 0.6 is 11.8 Å². The van der Waals surface area contributed by atoms with E-state index in [1.807, 2.05) is 6.08 Å². The summed E-state index contributed by atoms with van der Waals surface area (Å²) in [5.41, 5.74) is 12.0. The number of rotatable bonds is 2. The maximum absolute atomic E-state index is 6.17. The number of benzene rings is 2. The lowest BCUT2D eigenvalue weighted by Gasteiger charge is -2.23. The first-order valence-electron chi connectivity index (χ1n) is 7.62. The van der Waals surface area contributed by atoms with E-state index in [0.717, 1.165) is 22.5 Å². The quantitative estimate of drug-likeness (QED) is 0.814. The summed E-state index contributed by atoms with van der Waals surface area (Å²) in [4.78, 5) is 0. The van der Waals surface area contributed by atoms with Gasteiger partial charge >= 0.3 is 0 Å². The summed E-state index contributed by atoms with van der Waals surface area (Å²) in [6.07, 6.45) is 2.05. The zero-order valence-electron chi connectivity index (χ0n) is 13.8. The van der Waals surface area contributed by atoms with E-state index < -0.39 is 0 Å². The Kier molecular flexibility index (Phi) is 4.14. The standard InChI is InChI=1S/C19H20ClN3/c1-12-5-7-16(14(3)9-12)18-11-19(22-23(20)21-18)17-8-6-13(2)10-15(17)4/h5-11,21H,1-4H3. The van der Waals surface area contributed by atoms with Crippen LogP contribution in [0, 0.1) is 27.7 Å². The molecular formula is C19H20ClN3. The van der Waals surface area contributed by atoms with Crippen LogP contribution in [0.3, 0.4) is 0 Å². The molecule has 1 heterocycles. The predicted molar refractivity (Wildman–Crippen MR) is 97.2 cm³/mol. The van der Waals surface area contributed by atoms with Crippen LogP contribution in [-0.4, -0.2) is 10.3 Å². The normalized spacial score (nSPS) is 14.2. The predicted octanol–water partition coefficient (Wildman–Crippen LogP) is 4.64. The molecule has 0 spiro atoms. The molecule has 3 rings (SSSR count). The first-order valence-corrected chi connectivity index (χ1v) is 7.96. The second-order valence-electron chi connectivity index (χ2n) is 6.05. The molecule has 0 unspecified atom stereocenters. The zero-order chi connectivity index (χ0) is 16.6. The average molecular weight is 326 g/mol. The summed E-state index contributed by atoms with van der Waals surface area (Å²) >= 11 is 6.17. The van der Waals surface area contributed by atoms with E-state index in [4.69, 9.17) is 11.8 Å². The van der Waals surface area contributed by atoms with E-state index in [1.54, 1.807) is 0 Å². The van der Waals surface area contributed by atoms with Crippen LogP contribution < -0.4 is 5.43 Å². The highest BCUT2D eigenvalue weighted by atomic mass is 35.5. The minimum absolute atomic E-state index is 0.853. The lowest BCUT2D eigenvalue weighted by atomic mass is 9.98. The lowest BCUT2D eigenvalue weighted by molar-refractivity contribution is 0.423. The summed E-state index contributed by atoms with van der Waals surface area (Å²) in [5.74, 6) is 0. The number of hydrazone groups is 1. The Labute approximate surface area is 142 Å². The van der Waals surface area contributed by atoms with Crippen molar-refractivity contribution in [3.8, 4) is 0 Å². The van der Waals surface area contributed by atoms with E-state index in [-0.39, 0.29) is 0 Å². The molecule has 1 aliphatic rings. The highest BCUT2D eigenvalue weighted by Crippen LogP contribution is 2.24. The second kappa shape index (κ2) is 6.09. The van der Waals surface area contributed by atoms with Crippen LogP contribution in [0.4, 0.5) is 0 Å². The van der Waals surface area contributed by atoms with Gasteiger partial charge in [-0.25, -0.2) is 0 Å². The van der Waals surface area contributed by atoms with Crippen LogP contribution in [0.2, 0.25) is 0 Å². The molecule has 0 amide bonds. The minimum atomic E-state index is 0.853. The third-order valence-corrected chi connectivity index (χ3v) is 4.18. The highest BCUT2D eigenvalue weighted by Gasteiger charge is 2.17. The molecule has 0 fully saturated rings. The molecule has 0 aliphatic carbocycles. The highest BCUT2D eigenvalue weighted by molar-refractivity contribution is 6.18. The van der Waals surface area contributed by atoms with Gasteiger partial charge in [0.05, 0.1) is 23.2 Å². The fourth-order valence-corrected chi connectivity index (χ4v) is 3.08. The van der Waals surface area contributed by atoms with Gasteiger partial charge in [-0.2, -0.15) is 0 Å². The van der Waals surface area contributed by atoms with E-state index >= 15 is 0 Å². The number of aryl methyl sites for hydroxylation is 4. The van der Waals surface area contributed by atoms with Gasteiger partial charge in [0.1, 0.15) is 0 Å². The Bertz CT molecular complexity index is 821. The Balaban J connectivity index is 2.06. The lowest BCUT2D eigenvalue weighted by Crippen LogP contribution is -2.30. The van der Waals surface area contributed by atoms with Gasteiger partial charge in [0.2, 0.25) is 0 Å². The number of halogens is 1. The van der Waals surface area contributed by atoms with Crippen molar-refractivity contribution >= 4 is 23.2 Å². The molecule has 0 bridgehead atoms. The topological polar surface area (TPSA) is 27.6 Å². The van der Waals surface area contributed by atoms with E-state index in [0.29, 0.717) is 0 Å². The number of hydrazine groups is 1. The number of hydrogen-bond acceptors (Lipinski definition) is 3. The van der Waals surface area contributed by atoms with Gasteiger partial charge in [-0.1, -0.05) is 47.5 Å². The summed E-state index contributed by atoms with van der Waals surface area (Å²) < 4.78 is 1.25. The van der Waals surface area contributed by atoms with Gasteiger partial charge in [0.15, 0.2) is 0 Å². The molecule has 0 atom stereocenters. The number of hydrogen-bond donors (Lipinski definition) is 1. The molecule has 0 aromatic heterocycles. The Hall–Kier alpha value is -2.26. The number of nitrogens with zero attached hydrogens (tertiary/aromatic N) is 2. The molecule has 4 heteroatoms. The van der Waals surface area contributed by atoms with Gasteiger partial charge in [-0.15, -0.1) is 9.74 Å². The van der Waals surface area contributed by atoms with Gasteiger partial charge in [-0.05, 0) is 44.9 Å². The smallest absolute Gasteiger partial charge is 0.0963 e. The van der Waals surface area contributed by atoms with Gasteiger partial charge in [-0.3, -0.25) is 5.43 Å². The number of allylic oxidation sites excluding steroid dienone is 1. The van der Waals surface area contributed by atoms with E-state index in [1.165, 1.54) is 26.9 Å². The van der Waals surface area contributed by atoms with Gasteiger partial charge in [0.25, 0.3) is 0 Å².